The van der Waals surface area contributed by atoms with E-state index in [1.165, 1.54) is 93.4 Å². The number of hydrogen-bond acceptors (Lipinski definition) is 5. The van der Waals surface area contributed by atoms with Crippen LogP contribution in [-0.2, 0) is 26.7 Å². The quantitative estimate of drug-likeness (QED) is 0.140. The monoisotopic (exact) mass is 1830 g/mol. The first-order valence-electron chi connectivity index (χ1n) is 25.8. The first-order valence-corrected chi connectivity index (χ1v) is 37.9. The van der Waals surface area contributed by atoms with E-state index in [0.29, 0.717) is 37.9 Å². The number of ether oxygens (including phenoxy) is 2. The highest BCUT2D eigenvalue weighted by molar-refractivity contribution is 15.0. The summed E-state index contributed by atoms with van der Waals surface area (Å²) in [5.41, 5.74) is 16.0. The molecule has 2 fully saturated rings. The van der Waals surface area contributed by atoms with Gasteiger partial charge < -0.3 is 24.6 Å². The van der Waals surface area contributed by atoms with Crippen molar-refractivity contribution < 1.29 is 19.1 Å². The minimum absolute atomic E-state index is 0. The number of rotatable bonds is 4. The van der Waals surface area contributed by atoms with E-state index in [9.17, 15) is 9.59 Å². The van der Waals surface area contributed by atoms with Crippen molar-refractivity contribution in [3.8, 4) is 33.4 Å². The van der Waals surface area contributed by atoms with Gasteiger partial charge >= 0.3 is 12.2 Å². The molecule has 79 heavy (non-hydrogen) atoms. The van der Waals surface area contributed by atoms with E-state index >= 15 is 0 Å². The number of carbonyl (C=O) groups is 2. The summed E-state index contributed by atoms with van der Waals surface area (Å²) in [5, 5.41) is 3.50. The minimum Gasteiger partial charge on any atom is -0.444 e. The van der Waals surface area contributed by atoms with Gasteiger partial charge in [0, 0.05) is 113 Å². The lowest BCUT2D eigenvalue weighted by molar-refractivity contribution is 0.0180. The second kappa shape index (κ2) is 29.7. The van der Waals surface area contributed by atoms with Crippen LogP contribution in [0.4, 0.5) is 9.59 Å². The molecule has 3 aliphatic carbocycles. The van der Waals surface area contributed by atoms with Gasteiger partial charge in [-0.25, -0.2) is 9.59 Å². The van der Waals surface area contributed by atoms with Crippen molar-refractivity contribution >= 4 is 192 Å². The zero-order valence-electron chi connectivity index (χ0n) is 44.8. The maximum atomic E-state index is 12.5. The van der Waals surface area contributed by atoms with Crippen molar-refractivity contribution in [2.45, 2.75) is 95.7 Å². The van der Waals surface area contributed by atoms with Crippen LogP contribution in [0.15, 0.2) is 136 Å². The minimum atomic E-state index is -0.478. The summed E-state index contributed by atoms with van der Waals surface area (Å²) >= 11 is 37.0. The molecule has 0 unspecified atom stereocenters. The molecule has 2 aliphatic heterocycles. The molecular formula is C61H64Br6Cl2I3N3O4. The smallest absolute Gasteiger partial charge is 0.410 e. The number of halogens is 11. The van der Waals surface area contributed by atoms with Crippen LogP contribution in [-0.4, -0.2) is 84.2 Å². The number of amides is 2. The van der Waals surface area contributed by atoms with Gasteiger partial charge in [0.25, 0.3) is 0 Å². The molecule has 2 spiro atoms. The van der Waals surface area contributed by atoms with Crippen molar-refractivity contribution in [1.82, 2.24) is 15.1 Å². The molecule has 5 aliphatic rings. The molecule has 2 saturated heterocycles. The Morgan fingerprint density at radius 1 is 0.532 bits per heavy atom. The molecule has 0 radical (unpaired) electrons. The van der Waals surface area contributed by atoms with Gasteiger partial charge in [0.15, 0.2) is 0 Å². The molecule has 6 aromatic carbocycles. The fourth-order valence-electron chi connectivity index (χ4n) is 11.2. The fourth-order valence-corrected chi connectivity index (χ4v) is 13.8. The number of fused-ring (bicyclic) bond motifs is 13. The maximum absolute atomic E-state index is 12.5. The Balaban J connectivity index is 0.000000173. The van der Waals surface area contributed by atoms with Crippen LogP contribution in [0.5, 0.6) is 0 Å². The van der Waals surface area contributed by atoms with Gasteiger partial charge in [-0.1, -0.05) is 132 Å². The van der Waals surface area contributed by atoms with Crippen LogP contribution in [0.2, 0.25) is 0 Å². The van der Waals surface area contributed by atoms with Gasteiger partial charge in [0.05, 0.1) is 0 Å². The summed E-state index contributed by atoms with van der Waals surface area (Å²) in [4.78, 5) is 27.4. The second-order valence-corrected chi connectivity index (χ2v) is 28.0. The van der Waals surface area contributed by atoms with Crippen LogP contribution in [0.3, 0.4) is 0 Å². The highest BCUT2D eigenvalue weighted by Gasteiger charge is 2.47. The Labute approximate surface area is 568 Å². The van der Waals surface area contributed by atoms with E-state index in [0.717, 1.165) is 50.2 Å². The highest BCUT2D eigenvalue weighted by Crippen LogP contribution is 2.56. The van der Waals surface area contributed by atoms with Crippen molar-refractivity contribution in [1.29, 1.82) is 0 Å². The number of benzene rings is 6. The third-order valence-corrected chi connectivity index (χ3v) is 17.8. The summed E-state index contributed by atoms with van der Waals surface area (Å²) in [6.07, 6.45) is 4.64. The predicted molar refractivity (Wildman–Crippen MR) is 378 cm³/mol. The maximum Gasteiger partial charge on any atom is 0.410 e. The number of carbonyl (C=O) groups excluding carboxylic acids is 2. The van der Waals surface area contributed by atoms with Crippen LogP contribution in [0.25, 0.3) is 33.4 Å². The molecule has 7 nitrogen and oxygen atoms in total. The number of likely N-dealkylation sites (tertiary alicyclic amines) is 1. The first-order chi connectivity index (χ1) is 37.0. The summed E-state index contributed by atoms with van der Waals surface area (Å²) < 4.78 is 17.6. The number of piperidine rings is 2. The average Bonchev–Trinajstić information content (AvgIpc) is 4.09. The lowest BCUT2D eigenvalue weighted by atomic mass is 9.71. The lowest BCUT2D eigenvalue weighted by Gasteiger charge is -2.41. The normalized spacial score (nSPS) is 15.2. The molecule has 424 valence electrons. The number of nitrogens with one attached hydrogen (secondary N) is 1. The van der Waals surface area contributed by atoms with Gasteiger partial charge in [0.1, 0.15) is 11.2 Å². The van der Waals surface area contributed by atoms with E-state index in [1.54, 1.807) is 0 Å². The number of alkyl halides is 2. The standard InChI is InChI=1S/C22H23Br2NO2.C17H15Br2N.C13H8Br2.C9H17Cl2NO2.I2.HI/c1-21(2,3)27-20(26)25-10-8-22(9-11-25)18-12-14(23)4-6-16(18)17-7-5-15(24)13-19(17)22;18-11-1-3-13-14-4-2-12(19)10-16(14)17(15(13)9-11)5-7-20-8-6-17;14-10-1-3-12-8(6-10)5-9-7-11(15)2-4-13(9)12;1-9(2,3)14-8(13)12(6-4-10)7-5-11;1-2;/h4-7,12-13H,8-11H2,1-3H3;1-4,9-10,20H,5-8H2;1-4,6-7H,5H2;4-7H2,1-3H3;;1H. The van der Waals surface area contributed by atoms with E-state index in [1.807, 2.05) is 46.4 Å². The fraction of sp³-hybridized carbons (Fsp3) is 0.377. The van der Waals surface area contributed by atoms with Gasteiger partial charge in [-0.2, -0.15) is 0 Å². The Morgan fingerprint density at radius 2 is 0.848 bits per heavy atom. The van der Waals surface area contributed by atoms with Crippen molar-refractivity contribution in [3.05, 3.63) is 169 Å². The molecule has 0 bridgehead atoms. The molecule has 0 atom stereocenters. The van der Waals surface area contributed by atoms with Gasteiger partial charge in [-0.05, 0) is 226 Å². The summed E-state index contributed by atoms with van der Waals surface area (Å²) in [6, 6.07) is 39.7. The Morgan fingerprint density at radius 3 is 1.18 bits per heavy atom. The van der Waals surface area contributed by atoms with E-state index in [-0.39, 0.29) is 47.0 Å². The summed E-state index contributed by atoms with van der Waals surface area (Å²) in [5.74, 6) is 0.770. The lowest BCUT2D eigenvalue weighted by Crippen LogP contribution is -2.46. The topological polar surface area (TPSA) is 71.1 Å². The number of nitrogens with zero attached hydrogens (tertiary/aromatic N) is 2. The van der Waals surface area contributed by atoms with E-state index < -0.39 is 11.2 Å². The number of hydrogen-bond donors (Lipinski definition) is 1. The van der Waals surface area contributed by atoms with Crippen LogP contribution >= 0.6 is 180 Å². The first kappa shape index (κ1) is 67.6. The Kier molecular flexibility index (Phi) is 25.4. The largest absolute Gasteiger partial charge is 0.444 e. The molecule has 1 N–H and O–H groups in total. The average molecular weight is 1830 g/mol. The van der Waals surface area contributed by atoms with E-state index in [4.69, 9.17) is 32.7 Å². The molecule has 11 rings (SSSR count). The Hall–Kier alpha value is -0.530. The predicted octanol–water partition coefficient (Wildman–Crippen LogP) is 21.2. The van der Waals surface area contributed by atoms with Crippen molar-refractivity contribution in [3.63, 3.8) is 0 Å². The molecule has 6 aromatic rings. The van der Waals surface area contributed by atoms with Crippen molar-refractivity contribution in [2.75, 3.05) is 51.0 Å². The van der Waals surface area contributed by atoms with Crippen molar-refractivity contribution in [2.24, 2.45) is 0 Å². The highest BCUT2D eigenvalue weighted by atomic mass is 128. The van der Waals surface area contributed by atoms with Gasteiger partial charge in [-0.3, -0.25) is 0 Å². The third-order valence-electron chi connectivity index (χ3n) is 14.5. The molecule has 2 heterocycles. The summed E-state index contributed by atoms with van der Waals surface area (Å²) in [6.45, 7) is 15.7. The zero-order valence-corrected chi connectivity index (χ0v) is 62.5. The molecular weight excluding hydrogens is 1770 g/mol. The SMILES string of the molecule is Brc1ccc2c(c1)C1(CCNCC1)c1cc(Br)ccc1-2.Brc1ccc2c(c1)Cc1cc(Br)ccc1-2.CC(C)(C)OC(=O)N(CCCl)CCCl.CC(C)(C)OC(=O)N1CCC2(CC1)c1cc(Br)ccc1-c1ccc(Br)cc12.I.II. The molecule has 18 heteroatoms. The van der Waals surface area contributed by atoms with Crippen LogP contribution < -0.4 is 5.32 Å². The third kappa shape index (κ3) is 16.5. The second-order valence-electron chi connectivity index (χ2n) is 21.8. The summed E-state index contributed by atoms with van der Waals surface area (Å²) in [7, 11) is 0. The Bertz CT molecular complexity index is 2960. The van der Waals surface area contributed by atoms with Crippen LogP contribution in [0, 0.1) is 0 Å². The molecule has 2 amide bonds. The zero-order chi connectivity index (χ0) is 56.7. The van der Waals surface area contributed by atoms with Crippen LogP contribution in [0.1, 0.15) is 101 Å². The van der Waals surface area contributed by atoms with Gasteiger partial charge in [0.2, 0.25) is 0 Å². The molecule has 0 aromatic heterocycles. The van der Waals surface area contributed by atoms with Gasteiger partial charge in [-0.15, -0.1) is 47.2 Å². The van der Waals surface area contributed by atoms with E-state index in [2.05, 4.69) is 247 Å². The molecule has 0 saturated carbocycles.